The van der Waals surface area contributed by atoms with Crippen molar-refractivity contribution >= 4 is 11.8 Å². The highest BCUT2D eigenvalue weighted by Crippen LogP contribution is 2.16. The van der Waals surface area contributed by atoms with E-state index in [1.807, 2.05) is 12.1 Å². The van der Waals surface area contributed by atoms with Gasteiger partial charge >= 0.3 is 6.61 Å². The molecule has 1 fully saturated rings. The summed E-state index contributed by atoms with van der Waals surface area (Å²) in [7, 11) is 0. The van der Waals surface area contributed by atoms with Gasteiger partial charge in [-0.25, -0.2) is 0 Å². The summed E-state index contributed by atoms with van der Waals surface area (Å²) in [4.78, 5) is 25.9. The Hall–Kier alpha value is -2.96. The molecule has 0 radical (unpaired) electrons. The molecule has 1 heterocycles. The van der Waals surface area contributed by atoms with Gasteiger partial charge in [0.15, 0.2) is 0 Å². The van der Waals surface area contributed by atoms with Gasteiger partial charge in [-0.05, 0) is 48.2 Å². The second kappa shape index (κ2) is 9.30. The lowest BCUT2D eigenvalue weighted by molar-refractivity contribution is -0.128. The van der Waals surface area contributed by atoms with E-state index in [0.717, 1.165) is 24.1 Å². The first-order valence-corrected chi connectivity index (χ1v) is 9.20. The molecule has 1 aliphatic rings. The highest BCUT2D eigenvalue weighted by molar-refractivity contribution is 5.94. The summed E-state index contributed by atoms with van der Waals surface area (Å²) in [6.07, 6.45) is 2.05. The van der Waals surface area contributed by atoms with Crippen molar-refractivity contribution < 1.29 is 23.1 Å². The quantitative estimate of drug-likeness (QED) is 0.754. The molecule has 2 aromatic carbocycles. The Morgan fingerprint density at radius 1 is 1.14 bits per heavy atom. The van der Waals surface area contributed by atoms with E-state index in [1.54, 1.807) is 29.2 Å². The number of hydrogen-bond acceptors (Lipinski definition) is 3. The number of carbonyl (C=O) groups is 2. The van der Waals surface area contributed by atoms with Gasteiger partial charge in [-0.2, -0.15) is 8.78 Å². The number of halogens is 2. The maximum Gasteiger partial charge on any atom is 0.387 e. The van der Waals surface area contributed by atoms with Crippen LogP contribution in [0.1, 0.15) is 34.3 Å². The Morgan fingerprint density at radius 2 is 1.93 bits per heavy atom. The maximum absolute atomic E-state index is 12.4. The van der Waals surface area contributed by atoms with Crippen molar-refractivity contribution in [3.05, 3.63) is 65.2 Å². The molecule has 0 aromatic heterocycles. The van der Waals surface area contributed by atoms with E-state index in [4.69, 9.17) is 0 Å². The molecule has 7 heteroatoms. The second-order valence-corrected chi connectivity index (χ2v) is 6.65. The van der Waals surface area contributed by atoms with Crippen LogP contribution in [0.15, 0.2) is 48.5 Å². The van der Waals surface area contributed by atoms with Gasteiger partial charge in [0.05, 0.1) is 0 Å². The molecule has 2 aromatic rings. The van der Waals surface area contributed by atoms with Crippen molar-refractivity contribution in [2.45, 2.75) is 32.4 Å². The number of likely N-dealkylation sites (tertiary alicyclic amines) is 1. The Bertz CT molecular complexity index is 825. The van der Waals surface area contributed by atoms with E-state index in [9.17, 15) is 18.4 Å². The fourth-order valence-electron chi connectivity index (χ4n) is 3.16. The molecule has 0 saturated carbocycles. The van der Waals surface area contributed by atoms with E-state index in [1.165, 1.54) is 12.1 Å². The molecule has 148 valence electrons. The molecule has 0 atom stereocenters. The number of amides is 2. The SMILES string of the molecule is O=C(NCCc1ccc(OC(F)F)cc1)c1cccc(CN2CCCC2=O)c1. The molecule has 3 rings (SSSR count). The largest absolute Gasteiger partial charge is 0.435 e. The van der Waals surface area contributed by atoms with Gasteiger partial charge in [-0.3, -0.25) is 9.59 Å². The number of carbonyl (C=O) groups excluding carboxylic acids is 2. The fraction of sp³-hybridized carbons (Fsp3) is 0.333. The minimum absolute atomic E-state index is 0.107. The third-order valence-electron chi connectivity index (χ3n) is 4.58. The summed E-state index contributed by atoms with van der Waals surface area (Å²) in [6, 6.07) is 13.6. The number of benzene rings is 2. The normalized spacial score (nSPS) is 13.8. The number of rotatable bonds is 8. The van der Waals surface area contributed by atoms with Crippen molar-refractivity contribution in [3.63, 3.8) is 0 Å². The van der Waals surface area contributed by atoms with Crippen LogP contribution < -0.4 is 10.1 Å². The first-order valence-electron chi connectivity index (χ1n) is 9.20. The summed E-state index contributed by atoms with van der Waals surface area (Å²) in [5, 5.41) is 2.85. The Balaban J connectivity index is 1.49. The Labute approximate surface area is 162 Å². The van der Waals surface area contributed by atoms with Crippen LogP contribution in [-0.4, -0.2) is 36.4 Å². The van der Waals surface area contributed by atoms with Crippen LogP contribution in [0.5, 0.6) is 5.75 Å². The zero-order valence-electron chi connectivity index (χ0n) is 15.4. The minimum Gasteiger partial charge on any atom is -0.435 e. The summed E-state index contributed by atoms with van der Waals surface area (Å²) in [5.41, 5.74) is 2.38. The monoisotopic (exact) mass is 388 g/mol. The molecule has 1 N–H and O–H groups in total. The third-order valence-corrected chi connectivity index (χ3v) is 4.58. The molecule has 0 spiro atoms. The molecule has 0 unspecified atom stereocenters. The van der Waals surface area contributed by atoms with E-state index in [2.05, 4.69) is 10.1 Å². The predicted molar refractivity (Wildman–Crippen MR) is 100 cm³/mol. The van der Waals surface area contributed by atoms with Gasteiger partial charge in [0.1, 0.15) is 5.75 Å². The highest BCUT2D eigenvalue weighted by Gasteiger charge is 2.20. The summed E-state index contributed by atoms with van der Waals surface area (Å²) < 4.78 is 28.6. The molecule has 1 saturated heterocycles. The lowest BCUT2D eigenvalue weighted by Crippen LogP contribution is -2.26. The maximum atomic E-state index is 12.4. The van der Waals surface area contributed by atoms with Crippen LogP contribution in [0.3, 0.4) is 0 Å². The molecular formula is C21H22F2N2O3. The Morgan fingerprint density at radius 3 is 2.61 bits per heavy atom. The number of ether oxygens (including phenoxy) is 1. The average molecular weight is 388 g/mol. The van der Waals surface area contributed by atoms with Crippen LogP contribution >= 0.6 is 0 Å². The van der Waals surface area contributed by atoms with Gasteiger partial charge < -0.3 is 15.0 Å². The number of nitrogens with zero attached hydrogens (tertiary/aromatic N) is 1. The fourth-order valence-corrected chi connectivity index (χ4v) is 3.16. The van der Waals surface area contributed by atoms with Crippen LogP contribution in [0.4, 0.5) is 8.78 Å². The van der Waals surface area contributed by atoms with Gasteiger partial charge in [-0.1, -0.05) is 24.3 Å². The van der Waals surface area contributed by atoms with Gasteiger partial charge in [0.2, 0.25) is 5.91 Å². The summed E-state index contributed by atoms with van der Waals surface area (Å²) >= 11 is 0. The van der Waals surface area contributed by atoms with E-state index in [-0.39, 0.29) is 17.6 Å². The van der Waals surface area contributed by atoms with Crippen molar-refractivity contribution in [2.24, 2.45) is 0 Å². The van der Waals surface area contributed by atoms with Crippen LogP contribution in [0, 0.1) is 0 Å². The lowest BCUT2D eigenvalue weighted by Gasteiger charge is -2.16. The van der Waals surface area contributed by atoms with E-state index in [0.29, 0.717) is 31.5 Å². The van der Waals surface area contributed by atoms with Crippen LogP contribution in [0.2, 0.25) is 0 Å². The lowest BCUT2D eigenvalue weighted by atomic mass is 10.1. The zero-order valence-corrected chi connectivity index (χ0v) is 15.4. The standard InChI is InChI=1S/C21H22F2N2O3/c22-21(23)28-18-8-6-15(7-9-18)10-11-24-20(27)17-4-1-3-16(13-17)14-25-12-2-5-19(25)26/h1,3-4,6-9,13,21H,2,5,10-12,14H2,(H,24,27). The first-order chi connectivity index (χ1) is 13.5. The number of alkyl halides is 2. The van der Waals surface area contributed by atoms with Gasteiger partial charge in [-0.15, -0.1) is 0 Å². The van der Waals surface area contributed by atoms with Crippen molar-refractivity contribution in [3.8, 4) is 5.75 Å². The third kappa shape index (κ3) is 5.52. The van der Waals surface area contributed by atoms with Crippen molar-refractivity contribution in [2.75, 3.05) is 13.1 Å². The zero-order chi connectivity index (χ0) is 19.9. The van der Waals surface area contributed by atoms with Crippen molar-refractivity contribution in [1.29, 1.82) is 0 Å². The Kier molecular flexibility index (Phi) is 6.57. The van der Waals surface area contributed by atoms with Crippen molar-refractivity contribution in [1.82, 2.24) is 10.2 Å². The van der Waals surface area contributed by atoms with Crippen LogP contribution in [-0.2, 0) is 17.8 Å². The average Bonchev–Trinajstić information content (AvgIpc) is 3.07. The number of hydrogen-bond donors (Lipinski definition) is 1. The van der Waals surface area contributed by atoms with Crippen LogP contribution in [0.25, 0.3) is 0 Å². The minimum atomic E-state index is -2.84. The molecular weight excluding hydrogens is 366 g/mol. The molecule has 2 amide bonds. The molecule has 0 aliphatic carbocycles. The topological polar surface area (TPSA) is 58.6 Å². The van der Waals surface area contributed by atoms with E-state index >= 15 is 0 Å². The smallest absolute Gasteiger partial charge is 0.387 e. The molecule has 1 aliphatic heterocycles. The molecule has 5 nitrogen and oxygen atoms in total. The summed E-state index contributed by atoms with van der Waals surface area (Å²) in [6.45, 7) is -1.14. The molecule has 0 bridgehead atoms. The second-order valence-electron chi connectivity index (χ2n) is 6.65. The summed E-state index contributed by atoms with van der Waals surface area (Å²) in [5.74, 6) is 0.0724. The predicted octanol–water partition coefficient (Wildman–Crippen LogP) is 3.38. The highest BCUT2D eigenvalue weighted by atomic mass is 19.3. The van der Waals surface area contributed by atoms with Gasteiger partial charge in [0.25, 0.3) is 5.91 Å². The molecule has 28 heavy (non-hydrogen) atoms. The van der Waals surface area contributed by atoms with E-state index < -0.39 is 6.61 Å². The van der Waals surface area contributed by atoms with Gasteiger partial charge in [0, 0.05) is 31.6 Å². The first kappa shape index (κ1) is 19.8. The number of nitrogens with one attached hydrogen (secondary N) is 1.